The van der Waals surface area contributed by atoms with E-state index in [2.05, 4.69) is 42.1 Å². The van der Waals surface area contributed by atoms with Gasteiger partial charge in [0.25, 0.3) is 0 Å². The molecule has 3 aromatic rings. The van der Waals surface area contributed by atoms with Gasteiger partial charge in [0.05, 0.1) is 27.1 Å². The van der Waals surface area contributed by atoms with Crippen molar-refractivity contribution in [2.24, 2.45) is 0 Å². The summed E-state index contributed by atoms with van der Waals surface area (Å²) in [7, 11) is 0. The van der Waals surface area contributed by atoms with E-state index < -0.39 is 0 Å². The Hall–Kier alpha value is -1.95. The molecule has 0 radical (unpaired) electrons. The second-order valence-electron chi connectivity index (χ2n) is 5.49. The van der Waals surface area contributed by atoms with Crippen molar-refractivity contribution in [3.05, 3.63) is 29.4 Å². The zero-order valence-corrected chi connectivity index (χ0v) is 11.9. The molecule has 1 aromatic carbocycles. The van der Waals surface area contributed by atoms with Crippen molar-refractivity contribution in [3.8, 4) is 5.69 Å². The van der Waals surface area contributed by atoms with Crippen molar-refractivity contribution in [2.75, 3.05) is 5.73 Å². The Bertz CT molecular complexity index is 735. The molecule has 3 rings (SSSR count). The largest absolute Gasteiger partial charge is 0.381 e. The quantitative estimate of drug-likeness (QED) is 0.740. The highest BCUT2D eigenvalue weighted by Gasteiger charge is 2.24. The molecule has 0 fully saturated rings. The molecular formula is C13H15N5S. The molecule has 5 nitrogen and oxygen atoms in total. The third-order valence-corrected chi connectivity index (χ3v) is 3.76. The maximum Gasteiger partial charge on any atom is 0.170 e. The highest BCUT2D eigenvalue weighted by atomic mass is 32.1. The zero-order valence-electron chi connectivity index (χ0n) is 11.1. The van der Waals surface area contributed by atoms with Crippen LogP contribution in [0.25, 0.3) is 15.9 Å². The fourth-order valence-corrected chi connectivity index (χ4v) is 2.86. The fourth-order valence-electron chi connectivity index (χ4n) is 2.15. The van der Waals surface area contributed by atoms with Crippen LogP contribution in [0, 0.1) is 0 Å². The molecule has 2 heterocycles. The standard InChI is InChI=1S/C13H15N5S/c1-13(2,3)11-12(14)16-17-18(11)8-4-5-9-10(6-8)19-7-15-9/h4-7H,14H2,1-3H3. The molecule has 0 unspecified atom stereocenters. The first-order valence-electron chi connectivity index (χ1n) is 6.02. The highest BCUT2D eigenvalue weighted by Crippen LogP contribution is 2.29. The summed E-state index contributed by atoms with van der Waals surface area (Å²) in [6.45, 7) is 6.30. The molecule has 0 aliphatic heterocycles. The molecule has 0 saturated carbocycles. The number of nitrogens with two attached hydrogens (primary N) is 1. The average molecular weight is 273 g/mol. The van der Waals surface area contributed by atoms with Crippen LogP contribution in [0.15, 0.2) is 23.7 Å². The summed E-state index contributed by atoms with van der Waals surface area (Å²) in [6, 6.07) is 6.05. The molecule has 0 amide bonds. The van der Waals surface area contributed by atoms with E-state index in [0.717, 1.165) is 21.6 Å². The lowest BCUT2D eigenvalue weighted by atomic mass is 9.91. The van der Waals surface area contributed by atoms with Crippen LogP contribution in [0.1, 0.15) is 26.5 Å². The van der Waals surface area contributed by atoms with Crippen LogP contribution in [0.2, 0.25) is 0 Å². The van der Waals surface area contributed by atoms with Crippen LogP contribution >= 0.6 is 11.3 Å². The van der Waals surface area contributed by atoms with E-state index in [-0.39, 0.29) is 5.41 Å². The van der Waals surface area contributed by atoms with Crippen LogP contribution in [0.3, 0.4) is 0 Å². The molecule has 0 spiro atoms. The number of benzene rings is 1. The van der Waals surface area contributed by atoms with Gasteiger partial charge in [0, 0.05) is 5.41 Å². The van der Waals surface area contributed by atoms with E-state index in [1.54, 1.807) is 11.3 Å². The van der Waals surface area contributed by atoms with E-state index in [4.69, 9.17) is 5.73 Å². The summed E-state index contributed by atoms with van der Waals surface area (Å²) in [6.07, 6.45) is 0. The maximum atomic E-state index is 5.95. The predicted octanol–water partition coefficient (Wildman–Crippen LogP) is 2.76. The number of thiazole rings is 1. The molecule has 2 N–H and O–H groups in total. The average Bonchev–Trinajstić information content (AvgIpc) is 2.92. The van der Waals surface area contributed by atoms with Gasteiger partial charge in [0.15, 0.2) is 5.82 Å². The van der Waals surface area contributed by atoms with E-state index in [1.165, 1.54) is 0 Å². The van der Waals surface area contributed by atoms with Crippen molar-refractivity contribution >= 4 is 27.4 Å². The van der Waals surface area contributed by atoms with Gasteiger partial charge in [0.1, 0.15) is 0 Å². The molecular weight excluding hydrogens is 258 g/mol. The van der Waals surface area contributed by atoms with Gasteiger partial charge in [-0.1, -0.05) is 26.0 Å². The number of nitrogens with zero attached hydrogens (tertiary/aromatic N) is 4. The first-order chi connectivity index (χ1) is 8.97. The summed E-state index contributed by atoms with van der Waals surface area (Å²) >= 11 is 1.61. The third-order valence-electron chi connectivity index (χ3n) is 2.97. The SMILES string of the molecule is CC(C)(C)c1c(N)nnn1-c1ccc2ncsc2c1. The van der Waals surface area contributed by atoms with Crippen molar-refractivity contribution in [1.82, 2.24) is 20.0 Å². The van der Waals surface area contributed by atoms with Crippen LogP contribution in [0.4, 0.5) is 5.82 Å². The van der Waals surface area contributed by atoms with Gasteiger partial charge in [0.2, 0.25) is 0 Å². The minimum atomic E-state index is -0.115. The smallest absolute Gasteiger partial charge is 0.170 e. The molecule has 98 valence electrons. The lowest BCUT2D eigenvalue weighted by molar-refractivity contribution is 0.544. The van der Waals surface area contributed by atoms with Crippen molar-refractivity contribution in [1.29, 1.82) is 0 Å². The van der Waals surface area contributed by atoms with E-state index in [0.29, 0.717) is 5.82 Å². The van der Waals surface area contributed by atoms with Gasteiger partial charge in [-0.15, -0.1) is 16.4 Å². The van der Waals surface area contributed by atoms with Gasteiger partial charge in [-0.25, -0.2) is 9.67 Å². The van der Waals surface area contributed by atoms with Gasteiger partial charge < -0.3 is 5.73 Å². The van der Waals surface area contributed by atoms with E-state index in [1.807, 2.05) is 22.3 Å². The molecule has 2 aromatic heterocycles. The second-order valence-corrected chi connectivity index (χ2v) is 6.38. The number of anilines is 1. The minimum Gasteiger partial charge on any atom is -0.381 e. The monoisotopic (exact) mass is 273 g/mol. The van der Waals surface area contributed by atoms with E-state index >= 15 is 0 Å². The minimum absolute atomic E-state index is 0.115. The molecule has 0 aliphatic carbocycles. The number of hydrogen-bond acceptors (Lipinski definition) is 5. The Balaban J connectivity index is 2.21. The van der Waals surface area contributed by atoms with Crippen LogP contribution < -0.4 is 5.73 Å². The topological polar surface area (TPSA) is 69.6 Å². The normalized spacial score (nSPS) is 12.2. The molecule has 6 heteroatoms. The summed E-state index contributed by atoms with van der Waals surface area (Å²) in [5.74, 6) is 0.483. The number of fused-ring (bicyclic) bond motifs is 1. The van der Waals surface area contributed by atoms with Gasteiger partial charge in [-0.2, -0.15) is 0 Å². The molecule has 0 bridgehead atoms. The van der Waals surface area contributed by atoms with Crippen molar-refractivity contribution < 1.29 is 0 Å². The Morgan fingerprint density at radius 2 is 2.05 bits per heavy atom. The second kappa shape index (κ2) is 4.03. The summed E-state index contributed by atoms with van der Waals surface area (Å²) < 4.78 is 2.94. The van der Waals surface area contributed by atoms with Crippen LogP contribution in [0.5, 0.6) is 0 Å². The van der Waals surface area contributed by atoms with E-state index in [9.17, 15) is 0 Å². The highest BCUT2D eigenvalue weighted by molar-refractivity contribution is 7.16. The van der Waals surface area contributed by atoms with Crippen molar-refractivity contribution in [2.45, 2.75) is 26.2 Å². The Labute approximate surface area is 115 Å². The predicted molar refractivity (Wildman–Crippen MR) is 77.6 cm³/mol. The molecule has 0 saturated heterocycles. The maximum absolute atomic E-state index is 5.95. The number of hydrogen-bond donors (Lipinski definition) is 1. The van der Waals surface area contributed by atoms with Gasteiger partial charge in [-0.05, 0) is 18.2 Å². The van der Waals surface area contributed by atoms with Gasteiger partial charge in [-0.3, -0.25) is 0 Å². The summed E-state index contributed by atoms with van der Waals surface area (Å²) in [5.41, 5.74) is 10.6. The molecule has 0 atom stereocenters. The Morgan fingerprint density at radius 1 is 1.26 bits per heavy atom. The Morgan fingerprint density at radius 3 is 2.79 bits per heavy atom. The summed E-state index contributed by atoms with van der Waals surface area (Å²) in [5, 5.41) is 8.18. The Kier molecular flexibility index (Phi) is 2.56. The van der Waals surface area contributed by atoms with Crippen LogP contribution in [-0.4, -0.2) is 20.0 Å². The number of rotatable bonds is 1. The number of aromatic nitrogens is 4. The zero-order chi connectivity index (χ0) is 13.6. The first kappa shape index (κ1) is 12.1. The lowest BCUT2D eigenvalue weighted by Gasteiger charge is -2.20. The lowest BCUT2D eigenvalue weighted by Crippen LogP contribution is -2.19. The summed E-state index contributed by atoms with van der Waals surface area (Å²) in [4.78, 5) is 4.28. The van der Waals surface area contributed by atoms with Crippen molar-refractivity contribution in [3.63, 3.8) is 0 Å². The van der Waals surface area contributed by atoms with Gasteiger partial charge >= 0.3 is 0 Å². The molecule has 19 heavy (non-hydrogen) atoms. The molecule has 0 aliphatic rings. The van der Waals surface area contributed by atoms with Crippen LogP contribution in [-0.2, 0) is 5.41 Å². The number of nitrogen functional groups attached to an aromatic ring is 1. The fraction of sp³-hybridized carbons (Fsp3) is 0.308. The first-order valence-corrected chi connectivity index (χ1v) is 6.90. The third kappa shape index (κ3) is 1.98.